The monoisotopic (exact) mass is 320 g/mol. The smallest absolute Gasteiger partial charge is 0.222 e. The number of amides is 1. The number of carbonyl (C=O) groups is 1. The lowest BCUT2D eigenvalue weighted by Crippen LogP contribution is -2.26. The summed E-state index contributed by atoms with van der Waals surface area (Å²) in [5.41, 5.74) is 3.10. The molecule has 0 saturated carbocycles. The quantitative estimate of drug-likeness (QED) is 0.702. The molecule has 0 bridgehead atoms. The van der Waals surface area contributed by atoms with E-state index < -0.39 is 0 Å². The van der Waals surface area contributed by atoms with Gasteiger partial charge in [-0.1, -0.05) is 24.3 Å². The molecule has 0 N–H and O–H groups in total. The van der Waals surface area contributed by atoms with Crippen molar-refractivity contribution in [3.8, 4) is 5.69 Å². The van der Waals surface area contributed by atoms with Gasteiger partial charge in [0, 0.05) is 44.2 Å². The number of aryl methyl sites for hydroxylation is 1. The standard InChI is InChI=1S/C19H20N4O/c1-22(19(24)10-9-16-6-5-11-20-12-16)14-17-13-21-23(15-17)18-7-3-2-4-8-18/h2-8,11-13,15H,9-10,14H2,1H3. The highest BCUT2D eigenvalue weighted by molar-refractivity contribution is 5.76. The van der Waals surface area contributed by atoms with Crippen molar-refractivity contribution in [2.24, 2.45) is 0 Å². The highest BCUT2D eigenvalue weighted by Crippen LogP contribution is 2.10. The Morgan fingerprint density at radius 3 is 2.67 bits per heavy atom. The molecular formula is C19H20N4O. The molecule has 2 heterocycles. The third-order valence-corrected chi connectivity index (χ3v) is 3.85. The molecule has 0 fully saturated rings. The Labute approximate surface area is 141 Å². The first-order chi connectivity index (χ1) is 11.7. The van der Waals surface area contributed by atoms with Crippen molar-refractivity contribution in [1.82, 2.24) is 19.7 Å². The number of pyridine rings is 1. The lowest BCUT2D eigenvalue weighted by atomic mass is 10.1. The van der Waals surface area contributed by atoms with E-state index >= 15 is 0 Å². The van der Waals surface area contributed by atoms with Crippen LogP contribution in [0.3, 0.4) is 0 Å². The van der Waals surface area contributed by atoms with E-state index in [4.69, 9.17) is 0 Å². The SMILES string of the molecule is CN(Cc1cnn(-c2ccccc2)c1)C(=O)CCc1cccnc1. The van der Waals surface area contributed by atoms with E-state index in [0.717, 1.165) is 16.8 Å². The van der Waals surface area contributed by atoms with Gasteiger partial charge in [0.2, 0.25) is 5.91 Å². The maximum absolute atomic E-state index is 12.3. The van der Waals surface area contributed by atoms with Crippen LogP contribution < -0.4 is 0 Å². The van der Waals surface area contributed by atoms with Crippen molar-refractivity contribution in [2.75, 3.05) is 7.05 Å². The molecule has 3 rings (SSSR count). The van der Waals surface area contributed by atoms with Gasteiger partial charge in [-0.05, 0) is 30.2 Å². The predicted octanol–water partition coefficient (Wildman–Crippen LogP) is 2.86. The summed E-state index contributed by atoms with van der Waals surface area (Å²) in [7, 11) is 1.82. The highest BCUT2D eigenvalue weighted by atomic mass is 16.2. The number of benzene rings is 1. The third kappa shape index (κ3) is 4.07. The minimum Gasteiger partial charge on any atom is -0.341 e. The van der Waals surface area contributed by atoms with Crippen LogP contribution in [0.4, 0.5) is 0 Å². The van der Waals surface area contributed by atoms with Crippen LogP contribution in [0.15, 0.2) is 67.3 Å². The van der Waals surface area contributed by atoms with Gasteiger partial charge in [-0.15, -0.1) is 0 Å². The molecule has 5 nitrogen and oxygen atoms in total. The molecule has 0 aliphatic heterocycles. The summed E-state index contributed by atoms with van der Waals surface area (Å²) < 4.78 is 1.82. The summed E-state index contributed by atoms with van der Waals surface area (Å²) in [6, 6.07) is 13.8. The van der Waals surface area contributed by atoms with E-state index in [1.165, 1.54) is 0 Å². The molecule has 0 aliphatic carbocycles. The van der Waals surface area contributed by atoms with Crippen molar-refractivity contribution in [1.29, 1.82) is 0 Å². The summed E-state index contributed by atoms with van der Waals surface area (Å²) in [4.78, 5) is 18.1. The number of hydrogen-bond donors (Lipinski definition) is 0. The van der Waals surface area contributed by atoms with E-state index in [1.54, 1.807) is 23.5 Å². The molecule has 0 aliphatic rings. The zero-order valence-electron chi connectivity index (χ0n) is 13.7. The summed E-state index contributed by atoms with van der Waals surface area (Å²) >= 11 is 0. The molecule has 0 spiro atoms. The van der Waals surface area contributed by atoms with Crippen molar-refractivity contribution < 1.29 is 4.79 Å². The fraction of sp³-hybridized carbons (Fsp3) is 0.211. The normalized spacial score (nSPS) is 10.5. The van der Waals surface area contributed by atoms with E-state index in [0.29, 0.717) is 19.4 Å². The van der Waals surface area contributed by atoms with E-state index in [1.807, 2.05) is 60.4 Å². The topological polar surface area (TPSA) is 51.0 Å². The Kier molecular flexibility index (Phi) is 5.01. The average molecular weight is 320 g/mol. The molecular weight excluding hydrogens is 300 g/mol. The van der Waals surface area contributed by atoms with Crippen molar-refractivity contribution in [2.45, 2.75) is 19.4 Å². The van der Waals surface area contributed by atoms with Gasteiger partial charge in [0.25, 0.3) is 0 Å². The molecule has 122 valence electrons. The Morgan fingerprint density at radius 1 is 1.08 bits per heavy atom. The molecule has 0 radical (unpaired) electrons. The summed E-state index contributed by atoms with van der Waals surface area (Å²) in [5, 5.41) is 4.36. The van der Waals surface area contributed by atoms with Gasteiger partial charge in [0.15, 0.2) is 0 Å². The maximum atomic E-state index is 12.3. The van der Waals surface area contributed by atoms with Crippen LogP contribution in [0.5, 0.6) is 0 Å². The Balaban J connectivity index is 1.55. The molecule has 0 unspecified atom stereocenters. The number of rotatable bonds is 6. The average Bonchev–Trinajstić information content (AvgIpc) is 3.10. The van der Waals surface area contributed by atoms with Gasteiger partial charge < -0.3 is 4.90 Å². The van der Waals surface area contributed by atoms with E-state index in [-0.39, 0.29) is 5.91 Å². The van der Waals surface area contributed by atoms with Gasteiger partial charge in [0.1, 0.15) is 0 Å². The first-order valence-electron chi connectivity index (χ1n) is 7.94. The van der Waals surface area contributed by atoms with Crippen LogP contribution in [0.25, 0.3) is 5.69 Å². The summed E-state index contributed by atoms with van der Waals surface area (Å²) in [6.07, 6.45) is 8.49. The molecule has 1 aromatic carbocycles. The van der Waals surface area contributed by atoms with Gasteiger partial charge in [-0.3, -0.25) is 9.78 Å². The molecule has 3 aromatic rings. The molecule has 24 heavy (non-hydrogen) atoms. The largest absolute Gasteiger partial charge is 0.341 e. The molecule has 0 atom stereocenters. The minimum atomic E-state index is 0.117. The first-order valence-corrected chi connectivity index (χ1v) is 7.94. The molecule has 5 heteroatoms. The third-order valence-electron chi connectivity index (χ3n) is 3.85. The van der Waals surface area contributed by atoms with E-state index in [2.05, 4.69) is 10.1 Å². The number of nitrogens with zero attached hydrogens (tertiary/aromatic N) is 4. The number of aromatic nitrogens is 3. The lowest BCUT2D eigenvalue weighted by Gasteiger charge is -2.16. The Morgan fingerprint density at radius 2 is 1.92 bits per heavy atom. The predicted molar refractivity (Wildman–Crippen MR) is 92.6 cm³/mol. The summed E-state index contributed by atoms with van der Waals surface area (Å²) in [6.45, 7) is 0.554. The molecule has 2 aromatic heterocycles. The number of carbonyl (C=O) groups excluding carboxylic acids is 1. The second-order valence-corrected chi connectivity index (χ2v) is 5.74. The highest BCUT2D eigenvalue weighted by Gasteiger charge is 2.11. The van der Waals surface area contributed by atoms with Crippen LogP contribution in [-0.4, -0.2) is 32.6 Å². The zero-order chi connectivity index (χ0) is 16.8. The molecule has 1 amide bonds. The molecule has 0 saturated heterocycles. The van der Waals surface area contributed by atoms with Crippen molar-refractivity contribution in [3.05, 3.63) is 78.4 Å². The van der Waals surface area contributed by atoms with Crippen LogP contribution >= 0.6 is 0 Å². The number of para-hydroxylation sites is 1. The van der Waals surface area contributed by atoms with E-state index in [9.17, 15) is 4.79 Å². The Bertz CT molecular complexity index is 783. The second kappa shape index (κ2) is 7.55. The van der Waals surface area contributed by atoms with Gasteiger partial charge in [-0.2, -0.15) is 5.10 Å². The number of hydrogen-bond acceptors (Lipinski definition) is 3. The van der Waals surface area contributed by atoms with Crippen LogP contribution in [-0.2, 0) is 17.8 Å². The van der Waals surface area contributed by atoms with Crippen LogP contribution in [0, 0.1) is 0 Å². The van der Waals surface area contributed by atoms with Crippen LogP contribution in [0.2, 0.25) is 0 Å². The fourth-order valence-corrected chi connectivity index (χ4v) is 2.51. The van der Waals surface area contributed by atoms with Gasteiger partial charge in [-0.25, -0.2) is 4.68 Å². The zero-order valence-corrected chi connectivity index (χ0v) is 13.7. The second-order valence-electron chi connectivity index (χ2n) is 5.74. The van der Waals surface area contributed by atoms with Gasteiger partial charge >= 0.3 is 0 Å². The van der Waals surface area contributed by atoms with Crippen molar-refractivity contribution >= 4 is 5.91 Å². The first kappa shape index (κ1) is 15.9. The maximum Gasteiger partial charge on any atom is 0.222 e. The summed E-state index contributed by atoms with van der Waals surface area (Å²) in [5.74, 6) is 0.117. The van der Waals surface area contributed by atoms with Gasteiger partial charge in [0.05, 0.1) is 11.9 Å². The minimum absolute atomic E-state index is 0.117. The van der Waals surface area contributed by atoms with Crippen LogP contribution in [0.1, 0.15) is 17.5 Å². The Hall–Kier alpha value is -2.95. The fourth-order valence-electron chi connectivity index (χ4n) is 2.51. The lowest BCUT2D eigenvalue weighted by molar-refractivity contribution is -0.130. The van der Waals surface area contributed by atoms with Crippen molar-refractivity contribution in [3.63, 3.8) is 0 Å².